The van der Waals surface area contributed by atoms with Crippen molar-refractivity contribution in [2.75, 3.05) is 11.9 Å². The first-order valence-electron chi connectivity index (χ1n) is 5.97. The summed E-state index contributed by atoms with van der Waals surface area (Å²) >= 11 is 0. The minimum Gasteiger partial charge on any atom is -0.315 e. The average molecular weight is 228 g/mol. The van der Waals surface area contributed by atoms with Crippen LogP contribution in [-0.2, 0) is 4.79 Å². The van der Waals surface area contributed by atoms with Gasteiger partial charge < -0.3 is 4.90 Å². The predicted octanol–water partition coefficient (Wildman–Crippen LogP) is 2.71. The molecule has 0 saturated heterocycles. The van der Waals surface area contributed by atoms with Gasteiger partial charge in [0.2, 0.25) is 5.91 Å². The van der Waals surface area contributed by atoms with Crippen LogP contribution in [0.4, 0.5) is 5.69 Å². The van der Waals surface area contributed by atoms with Crippen molar-refractivity contribution in [2.24, 2.45) is 5.92 Å². The summed E-state index contributed by atoms with van der Waals surface area (Å²) in [4.78, 5) is 13.6. The van der Waals surface area contributed by atoms with Gasteiger partial charge in [-0.3, -0.25) is 4.79 Å². The van der Waals surface area contributed by atoms with Gasteiger partial charge in [0.15, 0.2) is 0 Å². The molecule has 0 radical (unpaired) electrons. The zero-order valence-corrected chi connectivity index (χ0v) is 10.0. The van der Waals surface area contributed by atoms with Crippen molar-refractivity contribution in [1.29, 1.82) is 5.26 Å². The number of amides is 1. The molecule has 17 heavy (non-hydrogen) atoms. The van der Waals surface area contributed by atoms with E-state index in [9.17, 15) is 4.79 Å². The third kappa shape index (κ3) is 2.65. The number of carbonyl (C=O) groups excluding carboxylic acids is 1. The molecule has 1 saturated carbocycles. The van der Waals surface area contributed by atoms with Crippen molar-refractivity contribution in [3.05, 3.63) is 29.8 Å². The molecule has 3 heteroatoms. The molecule has 0 bridgehead atoms. The monoisotopic (exact) mass is 228 g/mol. The maximum absolute atomic E-state index is 12.0. The van der Waals surface area contributed by atoms with Crippen LogP contribution in [-0.4, -0.2) is 13.0 Å². The molecule has 0 aliphatic heterocycles. The van der Waals surface area contributed by atoms with E-state index in [-0.39, 0.29) is 5.91 Å². The lowest BCUT2D eigenvalue weighted by molar-refractivity contribution is -0.119. The maximum Gasteiger partial charge on any atom is 0.226 e. The topological polar surface area (TPSA) is 44.1 Å². The number of anilines is 1. The van der Waals surface area contributed by atoms with Crippen LogP contribution in [0.3, 0.4) is 0 Å². The van der Waals surface area contributed by atoms with Crippen molar-refractivity contribution < 1.29 is 4.79 Å². The number of hydrogen-bond donors (Lipinski definition) is 0. The van der Waals surface area contributed by atoms with Gasteiger partial charge in [0.25, 0.3) is 0 Å². The van der Waals surface area contributed by atoms with Crippen molar-refractivity contribution >= 4 is 11.6 Å². The van der Waals surface area contributed by atoms with Gasteiger partial charge in [-0.25, -0.2) is 0 Å². The zero-order chi connectivity index (χ0) is 12.3. The summed E-state index contributed by atoms with van der Waals surface area (Å²) in [5.41, 5.74) is 1.47. The Kier molecular flexibility index (Phi) is 3.43. The molecule has 3 nitrogen and oxygen atoms in total. The Morgan fingerprint density at radius 2 is 2.06 bits per heavy atom. The molecule has 1 aromatic rings. The van der Waals surface area contributed by atoms with E-state index in [0.717, 1.165) is 5.69 Å². The molecule has 1 fully saturated rings. The second-order valence-electron chi connectivity index (χ2n) is 4.61. The van der Waals surface area contributed by atoms with E-state index in [4.69, 9.17) is 5.26 Å². The maximum atomic E-state index is 12.0. The van der Waals surface area contributed by atoms with Crippen molar-refractivity contribution in [2.45, 2.75) is 25.7 Å². The average Bonchev–Trinajstić information content (AvgIpc) is 2.32. The molecule has 1 aromatic carbocycles. The molecule has 0 aromatic heterocycles. The van der Waals surface area contributed by atoms with E-state index in [1.807, 2.05) is 12.1 Å². The highest BCUT2D eigenvalue weighted by molar-refractivity contribution is 5.93. The van der Waals surface area contributed by atoms with Crippen LogP contribution in [0.1, 0.15) is 31.2 Å². The molecule has 0 spiro atoms. The van der Waals surface area contributed by atoms with E-state index in [1.54, 1.807) is 24.1 Å². The Morgan fingerprint density at radius 1 is 1.41 bits per heavy atom. The molecular weight excluding hydrogens is 212 g/mol. The number of benzene rings is 1. The van der Waals surface area contributed by atoms with Gasteiger partial charge in [-0.15, -0.1) is 0 Å². The standard InChI is InChI=1S/C14H16N2O/c1-16(14(17)9-11-3-2-4-11)13-7-5-12(10-15)6-8-13/h5-8,11H,2-4,9H2,1H3. The van der Waals surface area contributed by atoms with Gasteiger partial charge in [-0.1, -0.05) is 6.42 Å². The Bertz CT molecular complexity index is 440. The summed E-state index contributed by atoms with van der Waals surface area (Å²) < 4.78 is 0. The summed E-state index contributed by atoms with van der Waals surface area (Å²) in [6.07, 6.45) is 4.29. The van der Waals surface area contributed by atoms with E-state index >= 15 is 0 Å². The van der Waals surface area contributed by atoms with Gasteiger partial charge in [-0.05, 0) is 43.0 Å². The van der Waals surface area contributed by atoms with E-state index in [2.05, 4.69) is 6.07 Å². The van der Waals surface area contributed by atoms with Crippen molar-refractivity contribution in [1.82, 2.24) is 0 Å². The number of rotatable bonds is 3. The van der Waals surface area contributed by atoms with Crippen LogP contribution >= 0.6 is 0 Å². The number of carbonyl (C=O) groups is 1. The lowest BCUT2D eigenvalue weighted by Gasteiger charge is -2.27. The second kappa shape index (κ2) is 5.01. The fraction of sp³-hybridized carbons (Fsp3) is 0.429. The molecule has 1 aliphatic rings. The Labute approximate surface area is 102 Å². The van der Waals surface area contributed by atoms with Gasteiger partial charge in [0, 0.05) is 19.2 Å². The normalized spacial score (nSPS) is 14.8. The minimum atomic E-state index is 0.166. The first kappa shape index (κ1) is 11.7. The smallest absolute Gasteiger partial charge is 0.226 e. The number of hydrogen-bond acceptors (Lipinski definition) is 2. The third-order valence-corrected chi connectivity index (χ3v) is 3.45. The highest BCUT2D eigenvalue weighted by Crippen LogP contribution is 2.30. The largest absolute Gasteiger partial charge is 0.315 e. The third-order valence-electron chi connectivity index (χ3n) is 3.45. The molecule has 1 aliphatic carbocycles. The number of nitriles is 1. The molecule has 0 N–H and O–H groups in total. The van der Waals surface area contributed by atoms with E-state index in [0.29, 0.717) is 17.9 Å². The SMILES string of the molecule is CN(C(=O)CC1CCC1)c1ccc(C#N)cc1. The fourth-order valence-corrected chi connectivity index (χ4v) is 1.98. The molecule has 2 rings (SSSR count). The van der Waals surface area contributed by atoms with Crippen LogP contribution in [0, 0.1) is 17.2 Å². The predicted molar refractivity (Wildman–Crippen MR) is 66.5 cm³/mol. The highest BCUT2D eigenvalue weighted by Gasteiger charge is 2.22. The van der Waals surface area contributed by atoms with Gasteiger partial charge in [0.05, 0.1) is 11.6 Å². The highest BCUT2D eigenvalue weighted by atomic mass is 16.2. The fourth-order valence-electron chi connectivity index (χ4n) is 1.98. The van der Waals surface area contributed by atoms with Crippen LogP contribution in [0.5, 0.6) is 0 Å². The summed E-state index contributed by atoms with van der Waals surface area (Å²) in [6.45, 7) is 0. The van der Waals surface area contributed by atoms with Crippen LogP contribution in [0.15, 0.2) is 24.3 Å². The summed E-state index contributed by atoms with van der Waals surface area (Å²) in [5, 5.41) is 8.70. The lowest BCUT2D eigenvalue weighted by atomic mass is 9.83. The zero-order valence-electron chi connectivity index (χ0n) is 10.0. The van der Waals surface area contributed by atoms with Gasteiger partial charge >= 0.3 is 0 Å². The molecule has 0 unspecified atom stereocenters. The van der Waals surface area contributed by atoms with Crippen molar-refractivity contribution in [3.8, 4) is 6.07 Å². The minimum absolute atomic E-state index is 0.166. The van der Waals surface area contributed by atoms with E-state index in [1.165, 1.54) is 19.3 Å². The second-order valence-corrected chi connectivity index (χ2v) is 4.61. The summed E-state index contributed by atoms with van der Waals surface area (Å²) in [7, 11) is 1.79. The first-order valence-corrected chi connectivity index (χ1v) is 5.97. The number of nitrogens with zero attached hydrogens (tertiary/aromatic N) is 2. The Hall–Kier alpha value is -1.82. The first-order chi connectivity index (χ1) is 8.20. The van der Waals surface area contributed by atoms with Crippen molar-refractivity contribution in [3.63, 3.8) is 0 Å². The van der Waals surface area contributed by atoms with Crippen LogP contribution in [0.2, 0.25) is 0 Å². The van der Waals surface area contributed by atoms with Crippen LogP contribution < -0.4 is 4.90 Å². The van der Waals surface area contributed by atoms with Gasteiger partial charge in [-0.2, -0.15) is 5.26 Å². The quantitative estimate of drug-likeness (QED) is 0.798. The van der Waals surface area contributed by atoms with Gasteiger partial charge in [0.1, 0.15) is 0 Å². The summed E-state index contributed by atoms with van der Waals surface area (Å²) in [6, 6.07) is 9.18. The summed E-state index contributed by atoms with van der Waals surface area (Å²) in [5.74, 6) is 0.753. The lowest BCUT2D eigenvalue weighted by Crippen LogP contribution is -2.29. The molecular formula is C14H16N2O. The molecule has 1 amide bonds. The van der Waals surface area contributed by atoms with E-state index < -0.39 is 0 Å². The van der Waals surface area contributed by atoms with Crippen LogP contribution in [0.25, 0.3) is 0 Å². The molecule has 88 valence electrons. The molecule has 0 heterocycles. The Balaban J connectivity index is 1.99. The Morgan fingerprint density at radius 3 is 2.53 bits per heavy atom. The molecule has 0 atom stereocenters.